The summed E-state index contributed by atoms with van der Waals surface area (Å²) >= 11 is 5.83. The first-order chi connectivity index (χ1) is 17.5. The predicted molar refractivity (Wildman–Crippen MR) is 142 cm³/mol. The lowest BCUT2D eigenvalue weighted by atomic mass is 9.96. The number of rotatable bonds is 6. The number of esters is 1. The van der Waals surface area contributed by atoms with Crippen molar-refractivity contribution < 1.29 is 9.53 Å². The number of hydrogen-bond acceptors (Lipinski definition) is 5. The molecule has 1 aromatic carbocycles. The molecule has 8 heteroatoms. The van der Waals surface area contributed by atoms with E-state index in [-0.39, 0.29) is 18.1 Å². The summed E-state index contributed by atoms with van der Waals surface area (Å²) in [6, 6.07) is 21.2. The number of pyridine rings is 2. The van der Waals surface area contributed by atoms with E-state index in [2.05, 4.69) is 37.7 Å². The first-order valence-electron chi connectivity index (χ1n) is 11.7. The van der Waals surface area contributed by atoms with Gasteiger partial charge >= 0.3 is 5.97 Å². The Balaban J connectivity index is 1.64. The van der Waals surface area contributed by atoms with Crippen LogP contribution in [0.15, 0.2) is 79.1 Å². The van der Waals surface area contributed by atoms with Crippen LogP contribution in [0, 0.1) is 13.8 Å². The number of carbonyl (C=O) groups excluding carboxylic acids is 1. The molecule has 5 rings (SSSR count). The summed E-state index contributed by atoms with van der Waals surface area (Å²) in [5.74, 6) is -0.369. The summed E-state index contributed by atoms with van der Waals surface area (Å²) in [5, 5.41) is 4.16. The molecule has 4 heterocycles. The number of hydrogen-bond donors (Lipinski definition) is 1. The highest BCUT2D eigenvalue weighted by molar-refractivity contribution is 7.80. The van der Waals surface area contributed by atoms with E-state index in [1.807, 2.05) is 61.5 Å². The molecule has 0 bridgehead atoms. The first-order valence-corrected chi connectivity index (χ1v) is 12.1. The second kappa shape index (κ2) is 9.91. The zero-order chi connectivity index (χ0) is 25.2. The lowest BCUT2D eigenvalue weighted by Gasteiger charge is -2.28. The van der Waals surface area contributed by atoms with Gasteiger partial charge in [-0.25, -0.2) is 4.79 Å². The molecule has 1 N–H and O–H groups in total. The smallest absolute Gasteiger partial charge is 0.339 e. The van der Waals surface area contributed by atoms with Crippen LogP contribution in [0.25, 0.3) is 5.69 Å². The van der Waals surface area contributed by atoms with Crippen LogP contribution in [0.1, 0.15) is 50.8 Å². The Hall–Kier alpha value is -4.04. The zero-order valence-corrected chi connectivity index (χ0v) is 21.2. The molecule has 0 amide bonds. The molecule has 1 saturated heterocycles. The fourth-order valence-corrected chi connectivity index (χ4v) is 5.29. The predicted octanol–water partition coefficient (Wildman–Crippen LogP) is 4.84. The summed E-state index contributed by atoms with van der Waals surface area (Å²) < 4.78 is 7.16. The van der Waals surface area contributed by atoms with Crippen LogP contribution in [-0.4, -0.2) is 37.6 Å². The number of aryl methyl sites for hydroxylation is 1. The van der Waals surface area contributed by atoms with Crippen molar-refractivity contribution >= 4 is 23.3 Å². The summed E-state index contributed by atoms with van der Waals surface area (Å²) in [5.41, 5.74) is 6.27. The maximum atomic E-state index is 12.5. The number of nitrogens with one attached hydrogen (secondary N) is 1. The van der Waals surface area contributed by atoms with Gasteiger partial charge in [-0.15, -0.1) is 0 Å². The highest BCUT2D eigenvalue weighted by atomic mass is 32.1. The summed E-state index contributed by atoms with van der Waals surface area (Å²) in [7, 11) is 1.40. The van der Waals surface area contributed by atoms with Crippen molar-refractivity contribution in [1.82, 2.24) is 24.8 Å². The Morgan fingerprint density at radius 1 is 1.03 bits per heavy atom. The lowest BCUT2D eigenvalue weighted by Crippen LogP contribution is -2.29. The second-order valence-corrected chi connectivity index (χ2v) is 9.13. The molecule has 2 atom stereocenters. The van der Waals surface area contributed by atoms with E-state index in [0.29, 0.717) is 17.2 Å². The van der Waals surface area contributed by atoms with E-state index in [0.717, 1.165) is 34.0 Å². The van der Waals surface area contributed by atoms with E-state index in [4.69, 9.17) is 17.0 Å². The Morgan fingerprint density at radius 3 is 2.44 bits per heavy atom. The van der Waals surface area contributed by atoms with Gasteiger partial charge in [-0.05, 0) is 74.1 Å². The first kappa shape index (κ1) is 23.7. The van der Waals surface area contributed by atoms with Crippen molar-refractivity contribution in [2.45, 2.75) is 32.5 Å². The SMILES string of the molecule is COC(=O)c1ccccc1-n1c(C)cc([C@@H]2[C@@H](c3ccccn3)NC(=S)N2Cc2ccccn2)c1C. The van der Waals surface area contributed by atoms with Crippen molar-refractivity contribution in [2.75, 3.05) is 7.11 Å². The number of aromatic nitrogens is 3. The van der Waals surface area contributed by atoms with Gasteiger partial charge < -0.3 is 19.5 Å². The van der Waals surface area contributed by atoms with Crippen LogP contribution in [0.3, 0.4) is 0 Å². The second-order valence-electron chi connectivity index (χ2n) is 8.75. The maximum Gasteiger partial charge on any atom is 0.339 e. The van der Waals surface area contributed by atoms with Crippen molar-refractivity contribution in [2.24, 2.45) is 0 Å². The van der Waals surface area contributed by atoms with Gasteiger partial charge in [0.15, 0.2) is 5.11 Å². The summed E-state index contributed by atoms with van der Waals surface area (Å²) in [6.07, 6.45) is 3.59. The largest absolute Gasteiger partial charge is 0.465 e. The molecule has 182 valence electrons. The third kappa shape index (κ3) is 4.24. The van der Waals surface area contributed by atoms with Gasteiger partial charge in [-0.3, -0.25) is 9.97 Å². The molecule has 4 aromatic rings. The topological polar surface area (TPSA) is 72.3 Å². The van der Waals surface area contributed by atoms with Crippen molar-refractivity contribution in [1.29, 1.82) is 0 Å². The Labute approximate surface area is 215 Å². The van der Waals surface area contributed by atoms with Crippen LogP contribution in [0.5, 0.6) is 0 Å². The molecule has 0 saturated carbocycles. The molecular formula is C28H27N5O2S. The minimum Gasteiger partial charge on any atom is -0.465 e. The van der Waals surface area contributed by atoms with Crippen molar-refractivity contribution in [3.8, 4) is 5.69 Å². The van der Waals surface area contributed by atoms with Gasteiger partial charge in [-0.2, -0.15) is 0 Å². The Bertz CT molecular complexity index is 1400. The highest BCUT2D eigenvalue weighted by Gasteiger charge is 2.41. The Morgan fingerprint density at radius 2 is 1.75 bits per heavy atom. The van der Waals surface area contributed by atoms with Gasteiger partial charge in [0, 0.05) is 23.8 Å². The molecule has 1 aliphatic heterocycles. The number of ether oxygens (including phenoxy) is 1. The normalized spacial score (nSPS) is 17.2. The number of thiocarbonyl (C=S) groups is 1. The Kier molecular flexibility index (Phi) is 6.52. The van der Waals surface area contributed by atoms with Gasteiger partial charge in [0.2, 0.25) is 0 Å². The molecular weight excluding hydrogens is 470 g/mol. The van der Waals surface area contributed by atoms with Crippen LogP contribution in [0.4, 0.5) is 0 Å². The van der Waals surface area contributed by atoms with Gasteiger partial charge in [0.25, 0.3) is 0 Å². The summed E-state index contributed by atoms with van der Waals surface area (Å²) in [6.45, 7) is 4.68. The molecule has 36 heavy (non-hydrogen) atoms. The lowest BCUT2D eigenvalue weighted by molar-refractivity contribution is 0.0600. The number of carbonyl (C=O) groups is 1. The fraction of sp³-hybridized carbons (Fsp3) is 0.214. The van der Waals surface area contributed by atoms with Crippen LogP contribution in [-0.2, 0) is 11.3 Å². The third-order valence-corrected chi connectivity index (χ3v) is 6.95. The molecule has 0 radical (unpaired) electrons. The van der Waals surface area contributed by atoms with E-state index in [1.54, 1.807) is 18.5 Å². The van der Waals surface area contributed by atoms with Crippen LogP contribution >= 0.6 is 12.2 Å². The molecule has 7 nitrogen and oxygen atoms in total. The van der Waals surface area contributed by atoms with E-state index in [9.17, 15) is 4.79 Å². The molecule has 0 spiro atoms. The third-order valence-electron chi connectivity index (χ3n) is 6.60. The molecule has 1 fully saturated rings. The van der Waals surface area contributed by atoms with Gasteiger partial charge in [0.05, 0.1) is 48.4 Å². The number of para-hydroxylation sites is 1. The number of nitrogens with zero attached hydrogens (tertiary/aromatic N) is 4. The summed E-state index contributed by atoms with van der Waals surface area (Å²) in [4.78, 5) is 23.9. The van der Waals surface area contributed by atoms with Crippen molar-refractivity contribution in [3.63, 3.8) is 0 Å². The molecule has 0 aliphatic carbocycles. The van der Waals surface area contributed by atoms with Gasteiger partial charge in [-0.1, -0.05) is 24.3 Å². The van der Waals surface area contributed by atoms with Crippen LogP contribution in [0.2, 0.25) is 0 Å². The van der Waals surface area contributed by atoms with Gasteiger partial charge in [0.1, 0.15) is 0 Å². The van der Waals surface area contributed by atoms with Crippen molar-refractivity contribution in [3.05, 3.63) is 113 Å². The number of benzene rings is 1. The minimum atomic E-state index is -0.369. The molecule has 1 aliphatic rings. The molecule has 0 unspecified atom stereocenters. The minimum absolute atomic E-state index is 0.125. The van der Waals surface area contributed by atoms with E-state index < -0.39 is 0 Å². The standard InChI is InChI=1S/C28H27N5O2S/c1-18-16-22(19(2)33(18)24-13-5-4-11-21(24)27(34)35-3)26-25(23-12-7-9-15-30-23)31-28(36)32(26)17-20-10-6-8-14-29-20/h4-16,25-26H,17H2,1-3H3,(H,31,36)/t25-,26-/m1/s1. The van der Waals surface area contributed by atoms with E-state index in [1.165, 1.54) is 7.11 Å². The monoisotopic (exact) mass is 497 g/mol. The maximum absolute atomic E-state index is 12.5. The quantitative estimate of drug-likeness (QED) is 0.302. The zero-order valence-electron chi connectivity index (χ0n) is 20.4. The molecule has 3 aromatic heterocycles. The average molecular weight is 498 g/mol. The van der Waals surface area contributed by atoms with Crippen LogP contribution < -0.4 is 5.32 Å². The number of methoxy groups -OCH3 is 1. The van der Waals surface area contributed by atoms with E-state index >= 15 is 0 Å². The highest BCUT2D eigenvalue weighted by Crippen LogP contribution is 2.42. The fourth-order valence-electron chi connectivity index (χ4n) is 4.99. The average Bonchev–Trinajstić information content (AvgIpc) is 3.39.